The van der Waals surface area contributed by atoms with Crippen molar-refractivity contribution in [1.29, 1.82) is 0 Å². The van der Waals surface area contributed by atoms with E-state index in [1.807, 2.05) is 65.7 Å². The Labute approximate surface area is 519 Å². The predicted octanol–water partition coefficient (Wildman–Crippen LogP) is 20.2. The third kappa shape index (κ3) is 11.5. The minimum atomic E-state index is -0.0353. The highest BCUT2D eigenvalue weighted by molar-refractivity contribution is 7.41. The molecule has 0 fully saturated rings. The summed E-state index contributed by atoms with van der Waals surface area (Å²) in [6.45, 7) is 20.3. The summed E-state index contributed by atoms with van der Waals surface area (Å²) in [6, 6.07) is 21.6. The molecule has 15 heteroatoms. The molecule has 11 rings (SSSR count). The van der Waals surface area contributed by atoms with Gasteiger partial charge in [0, 0.05) is 55.1 Å². The third-order valence-electron chi connectivity index (χ3n) is 17.8. The molecule has 83 heavy (non-hydrogen) atoms. The third-order valence-corrected chi connectivity index (χ3v) is 25.9. The van der Waals surface area contributed by atoms with E-state index in [0.29, 0.717) is 72.1 Å². The van der Waals surface area contributed by atoms with Crippen LogP contribution in [0.25, 0.3) is 61.1 Å². The van der Waals surface area contributed by atoms with Crippen LogP contribution in [0.1, 0.15) is 178 Å². The first-order valence-corrected chi connectivity index (χ1v) is 36.8. The molecule has 4 aliphatic heterocycles. The van der Waals surface area contributed by atoms with Crippen LogP contribution in [0, 0.1) is 23.7 Å². The Hall–Kier alpha value is -4.74. The molecule has 0 aromatic carbocycles. The monoisotopic (exact) mass is 1240 g/mol. The summed E-state index contributed by atoms with van der Waals surface area (Å²) in [6.07, 6.45) is 17.0. The molecule has 0 bridgehead atoms. The lowest BCUT2D eigenvalue weighted by Gasteiger charge is -2.29. The molecule has 0 saturated carbocycles. The second-order valence-corrected chi connectivity index (χ2v) is 30.5. The molecular weight excluding hydrogens is 1160 g/mol. The number of unbranched alkanes of at least 4 members (excludes halogenated alkanes) is 4. The average Bonchev–Trinajstić information content (AvgIpc) is 1.82. The molecule has 11 heterocycles. The van der Waals surface area contributed by atoms with Gasteiger partial charge in [0.2, 0.25) is 0 Å². The number of fused-ring (bicyclic) bond motifs is 5. The zero-order chi connectivity index (χ0) is 58.1. The van der Waals surface area contributed by atoms with E-state index in [4.69, 9.17) is 0 Å². The van der Waals surface area contributed by atoms with Crippen molar-refractivity contribution in [1.82, 2.24) is 19.6 Å². The van der Waals surface area contributed by atoms with Gasteiger partial charge >= 0.3 is 0 Å². The molecule has 4 unspecified atom stereocenters. The summed E-state index contributed by atoms with van der Waals surface area (Å²) in [5.41, 5.74) is 5.52. The Balaban J connectivity index is 0.941. The zero-order valence-electron chi connectivity index (χ0n) is 49.7. The molecule has 4 aliphatic rings. The summed E-state index contributed by atoms with van der Waals surface area (Å²) in [7, 11) is 0. The first kappa shape index (κ1) is 60.0. The molecule has 0 N–H and O–H groups in total. The van der Waals surface area contributed by atoms with E-state index in [0.717, 1.165) is 155 Å². The van der Waals surface area contributed by atoms with Gasteiger partial charge in [-0.25, -0.2) is 0 Å². The number of hydrogen-bond acceptors (Lipinski definition) is 11. The van der Waals surface area contributed by atoms with Crippen molar-refractivity contribution in [3.05, 3.63) is 113 Å². The van der Waals surface area contributed by atoms with Gasteiger partial charge in [-0.1, -0.05) is 145 Å². The Morgan fingerprint density at radius 2 is 0.651 bits per heavy atom. The van der Waals surface area contributed by atoms with Crippen LogP contribution in [0.15, 0.2) is 93.7 Å². The van der Waals surface area contributed by atoms with Gasteiger partial charge in [-0.05, 0) is 109 Å². The van der Waals surface area contributed by atoms with Crippen molar-refractivity contribution in [2.24, 2.45) is 23.7 Å². The lowest BCUT2D eigenvalue weighted by atomic mass is 9.98. The molecule has 4 atom stereocenters. The lowest BCUT2D eigenvalue weighted by molar-refractivity contribution is -0.124. The van der Waals surface area contributed by atoms with Crippen LogP contribution in [0.4, 0.5) is 0 Å². The number of hydrogen-bond donors (Lipinski definition) is 0. The number of amides is 4. The van der Waals surface area contributed by atoms with Gasteiger partial charge in [0.1, 0.15) is 0 Å². The summed E-state index contributed by atoms with van der Waals surface area (Å²) in [4.78, 5) is 77.3. The van der Waals surface area contributed by atoms with Gasteiger partial charge in [0.05, 0.1) is 74.0 Å². The zero-order valence-corrected chi connectivity index (χ0v) is 55.4. The summed E-state index contributed by atoms with van der Waals surface area (Å²) >= 11 is 12.1. The van der Waals surface area contributed by atoms with E-state index in [2.05, 4.69) is 115 Å². The first-order chi connectivity index (χ1) is 40.5. The van der Waals surface area contributed by atoms with Gasteiger partial charge in [-0.15, -0.1) is 79.4 Å². The summed E-state index contributed by atoms with van der Waals surface area (Å²) < 4.78 is 5.07. The molecular formula is C68H80N4O4S7. The molecule has 0 aliphatic carbocycles. The molecule has 0 saturated heterocycles. The quantitative estimate of drug-likeness (QED) is 0.0449. The summed E-state index contributed by atoms with van der Waals surface area (Å²) in [5.74, 6) is 1.22. The standard InChI is InChI=1S/C68H80N4O4S7/c1-9-17-23-41(13-5)37-69-59(47-27-21-33-77-47)55-57(67(69)75)61(71(65(55)73)39-43(15-7)25-19-11-3)49-31-29-45(79-49)51-35-53-63(82-51)64-54(81-53)36-52(83-64)46-30-32-50(80-46)62-58-56(66(74)72(62)40-44(16-8)26-20-12-4)60(48-28-22-34-78-48)70(68(58)76)38-42(14-6)24-18-10-2/h21-22,27-36,41-44H,9-20,23-26,37-40H2,1-8H3. The topological polar surface area (TPSA) is 81.2 Å². The highest BCUT2D eigenvalue weighted by atomic mass is 32.1. The van der Waals surface area contributed by atoms with Crippen molar-refractivity contribution in [2.45, 2.75) is 158 Å². The van der Waals surface area contributed by atoms with E-state index < -0.39 is 0 Å². The highest BCUT2D eigenvalue weighted by Gasteiger charge is 2.52. The van der Waals surface area contributed by atoms with E-state index in [9.17, 15) is 0 Å². The van der Waals surface area contributed by atoms with Crippen molar-refractivity contribution < 1.29 is 19.2 Å². The largest absolute Gasteiger partial charge is 0.306 e. The van der Waals surface area contributed by atoms with Crippen molar-refractivity contribution in [3.63, 3.8) is 0 Å². The minimum absolute atomic E-state index is 0.0353. The molecule has 0 spiro atoms. The minimum Gasteiger partial charge on any atom is -0.306 e. The van der Waals surface area contributed by atoms with Gasteiger partial charge in [0.25, 0.3) is 23.6 Å². The summed E-state index contributed by atoms with van der Waals surface area (Å²) in [5, 5.41) is 4.11. The molecule has 4 amide bonds. The Kier molecular flexibility index (Phi) is 19.1. The fraction of sp³-hybridized carbons (Fsp3) is 0.471. The first-order valence-electron chi connectivity index (χ1n) is 31.0. The second kappa shape index (κ2) is 26.5. The number of thiophene rings is 7. The smallest absolute Gasteiger partial charge is 0.261 e. The fourth-order valence-corrected chi connectivity index (χ4v) is 20.7. The normalized spacial score (nSPS) is 17.3. The fourth-order valence-electron chi connectivity index (χ4n) is 12.8. The van der Waals surface area contributed by atoms with Crippen molar-refractivity contribution >= 4 is 145 Å². The van der Waals surface area contributed by atoms with Crippen LogP contribution in [-0.2, 0) is 19.2 Å². The van der Waals surface area contributed by atoms with Gasteiger partial charge in [-0.3, -0.25) is 19.2 Å². The Morgan fingerprint density at radius 3 is 0.928 bits per heavy atom. The number of rotatable bonds is 30. The lowest BCUT2D eigenvalue weighted by Crippen LogP contribution is -2.34. The van der Waals surface area contributed by atoms with Crippen molar-refractivity contribution in [3.8, 4) is 19.5 Å². The molecule has 438 valence electrons. The number of carbonyl (C=O) groups is 4. The molecule has 7 aromatic rings. The SMILES string of the molecule is CCCCC(CC)CN1C(=O)C2=C(c3ccc(-c4cc5sc6cc(-c7ccc(C8=C9C(=O)N(CC(CC)CCCC)C(c%10cccs%10)=C9C(=O)N8CC(CC)CCCC)s7)sc6c5s4)s3)N(CC(CC)CCCC)C(=O)C2=C1c1cccs1. The van der Waals surface area contributed by atoms with Gasteiger partial charge < -0.3 is 19.6 Å². The Morgan fingerprint density at radius 1 is 0.349 bits per heavy atom. The van der Waals surface area contributed by atoms with E-state index in [1.54, 1.807) is 45.3 Å². The maximum absolute atomic E-state index is 15.2. The van der Waals surface area contributed by atoms with E-state index >= 15 is 19.2 Å². The molecule has 0 radical (unpaired) electrons. The van der Waals surface area contributed by atoms with Crippen LogP contribution in [0.2, 0.25) is 0 Å². The van der Waals surface area contributed by atoms with Crippen LogP contribution in [-0.4, -0.2) is 69.4 Å². The Bertz CT molecular complexity index is 3390. The van der Waals surface area contributed by atoms with E-state index in [1.165, 1.54) is 28.6 Å². The van der Waals surface area contributed by atoms with Gasteiger partial charge in [-0.2, -0.15) is 0 Å². The highest BCUT2D eigenvalue weighted by Crippen LogP contribution is 2.55. The predicted molar refractivity (Wildman–Crippen MR) is 358 cm³/mol. The molecule has 7 aromatic heterocycles. The number of nitrogens with zero attached hydrogens (tertiary/aromatic N) is 4. The average molecular weight is 1240 g/mol. The van der Waals surface area contributed by atoms with E-state index in [-0.39, 0.29) is 23.6 Å². The molecule has 8 nitrogen and oxygen atoms in total. The van der Waals surface area contributed by atoms with Crippen molar-refractivity contribution in [2.75, 3.05) is 26.2 Å². The van der Waals surface area contributed by atoms with Crippen LogP contribution < -0.4 is 0 Å². The second-order valence-electron chi connectivity index (χ2n) is 23.2. The number of carbonyl (C=O) groups excluding carboxylic acids is 4. The van der Waals surface area contributed by atoms with Crippen LogP contribution in [0.3, 0.4) is 0 Å². The van der Waals surface area contributed by atoms with Crippen LogP contribution >= 0.6 is 79.4 Å². The maximum atomic E-state index is 15.2. The maximum Gasteiger partial charge on any atom is 0.261 e. The van der Waals surface area contributed by atoms with Crippen LogP contribution in [0.5, 0.6) is 0 Å². The van der Waals surface area contributed by atoms with Gasteiger partial charge in [0.15, 0.2) is 0 Å².